The molecule has 0 aliphatic carbocycles. The van der Waals surface area contributed by atoms with Crippen molar-refractivity contribution in [3.05, 3.63) is 139 Å². The van der Waals surface area contributed by atoms with E-state index in [2.05, 4.69) is 54.7 Å². The molecule has 1 aromatic heterocycles. The second kappa shape index (κ2) is 28.1. The molecule has 2 amide bonds. The zero-order chi connectivity index (χ0) is 63.2. The van der Waals surface area contributed by atoms with Crippen LogP contribution in [0.4, 0.5) is 34.6 Å². The van der Waals surface area contributed by atoms with Crippen molar-refractivity contribution in [2.75, 3.05) is 128 Å². The van der Waals surface area contributed by atoms with E-state index in [9.17, 15) is 37.1 Å². The molecule has 0 saturated carbocycles. The van der Waals surface area contributed by atoms with Crippen LogP contribution in [-0.4, -0.2) is 158 Å². The summed E-state index contributed by atoms with van der Waals surface area (Å²) in [7, 11) is 3.31. The number of likely N-dealkylation sites (tertiary alicyclic amines) is 1. The van der Waals surface area contributed by atoms with Crippen molar-refractivity contribution in [3.8, 4) is 29.1 Å². The van der Waals surface area contributed by atoms with Crippen LogP contribution in [0.15, 0.2) is 72.8 Å². The minimum atomic E-state index is -4.51. The number of nitrogens with one attached hydrogen (secondary N) is 4. The van der Waals surface area contributed by atoms with Gasteiger partial charge >= 0.3 is 6.18 Å². The van der Waals surface area contributed by atoms with Gasteiger partial charge in [0.05, 0.1) is 87.8 Å². The molecule has 17 nitrogen and oxygen atoms in total. The van der Waals surface area contributed by atoms with E-state index in [4.69, 9.17) is 23.7 Å². The summed E-state index contributed by atoms with van der Waals surface area (Å²) < 4.78 is 90.0. The number of alkyl halides is 4. The van der Waals surface area contributed by atoms with Crippen molar-refractivity contribution in [2.45, 2.75) is 95.6 Å². The molecule has 0 unspecified atom stereocenters. The lowest BCUT2D eigenvalue weighted by atomic mass is 9.82. The Kier molecular flexibility index (Phi) is 19.5. The summed E-state index contributed by atoms with van der Waals surface area (Å²) in [5, 5.41) is 28.0. The maximum Gasteiger partial charge on any atom is 0.406 e. The quantitative estimate of drug-likeness (QED) is 0.0238. The highest BCUT2D eigenvalue weighted by Gasteiger charge is 2.37. The number of aromatic nitrogens is 1. The van der Waals surface area contributed by atoms with Crippen LogP contribution in [0.2, 0.25) is 0 Å². The minimum absolute atomic E-state index is 0.0188. The molecule has 91 heavy (non-hydrogen) atoms. The molecule has 1 fully saturated rings. The van der Waals surface area contributed by atoms with Gasteiger partial charge in [-0.05, 0) is 143 Å². The van der Waals surface area contributed by atoms with Crippen LogP contribution in [0.1, 0.15) is 115 Å². The fourth-order valence-electron chi connectivity index (χ4n) is 13.9. The number of benzene rings is 5. The number of carboxylic acids is 1. The summed E-state index contributed by atoms with van der Waals surface area (Å²) in [6, 6.07) is 20.2. The topological polar surface area (TPSA) is 183 Å². The van der Waals surface area contributed by atoms with Crippen molar-refractivity contribution in [2.24, 2.45) is 0 Å². The third kappa shape index (κ3) is 14.0. The molecular weight excluding hydrogens is 1170 g/mol. The van der Waals surface area contributed by atoms with Crippen LogP contribution >= 0.6 is 0 Å². The van der Waals surface area contributed by atoms with Crippen LogP contribution in [-0.2, 0) is 46.4 Å². The second-order valence-corrected chi connectivity index (χ2v) is 24.3. The van der Waals surface area contributed by atoms with Crippen LogP contribution in [0, 0.1) is 11.8 Å². The van der Waals surface area contributed by atoms with Gasteiger partial charge in [-0.3, -0.25) is 9.59 Å². The SMILES string of the molecule is COc1cc(C(=O)NCCOCCOCCOCCNC(=O)c2ccc(C(=O)[O-])c(C3=c4cc5c6c(c4Oc4c3cc3c7c4CCCN7CCCC3)CCC[N+]=6CCCC5)c2)ccc1NCC#Cc1cc2c(N[C@@H]3CCN(C)C[C@@H]3F)cccc2n1CC(F)(F)F. The predicted octanol–water partition coefficient (Wildman–Crippen LogP) is 6.92. The van der Waals surface area contributed by atoms with Crippen LogP contribution in [0.25, 0.3) is 16.5 Å². The molecule has 1 saturated heterocycles. The fraction of sp³-hybridized carbons (Fsp3) is 0.457. The maximum absolute atomic E-state index is 14.9. The van der Waals surface area contributed by atoms with Crippen molar-refractivity contribution in [1.82, 2.24) is 24.7 Å². The Morgan fingerprint density at radius 2 is 1.46 bits per heavy atom. The van der Waals surface area contributed by atoms with Gasteiger partial charge in [0.15, 0.2) is 0 Å². The molecule has 2 atom stereocenters. The molecule has 0 radical (unpaired) electrons. The number of carboxylic acid groups (broad SMARTS) is 1. The number of piperidine rings is 1. The van der Waals surface area contributed by atoms with Crippen LogP contribution < -0.4 is 55.9 Å². The number of carbonyl (C=O) groups is 3. The lowest BCUT2D eigenvalue weighted by molar-refractivity contribution is -0.255. The number of hydrogen-bond donors (Lipinski definition) is 4. The number of amides is 2. The van der Waals surface area contributed by atoms with E-state index in [0.29, 0.717) is 57.7 Å². The molecule has 7 heterocycles. The normalized spacial score (nSPS) is 17.7. The summed E-state index contributed by atoms with van der Waals surface area (Å²) in [6.45, 7) is 5.78. The number of anilines is 3. The van der Waals surface area contributed by atoms with Crippen LogP contribution in [0.5, 0.6) is 17.2 Å². The zero-order valence-corrected chi connectivity index (χ0v) is 51.6. The number of nitrogens with zero attached hydrogens (tertiary/aromatic N) is 4. The molecule has 480 valence electrons. The largest absolute Gasteiger partial charge is 0.545 e. The average Bonchev–Trinajstić information content (AvgIpc) is 1.09. The van der Waals surface area contributed by atoms with E-state index in [1.165, 1.54) is 46.5 Å². The maximum atomic E-state index is 14.9. The smallest absolute Gasteiger partial charge is 0.406 e. The molecule has 21 heteroatoms. The summed E-state index contributed by atoms with van der Waals surface area (Å²) in [5.74, 6) is 5.75. The Hall–Kier alpha value is -8.16. The molecule has 12 rings (SSSR count). The number of aryl methyl sites for hydroxylation is 2. The van der Waals surface area contributed by atoms with E-state index in [0.717, 1.165) is 123 Å². The number of halogens is 4. The predicted molar refractivity (Wildman–Crippen MR) is 338 cm³/mol. The summed E-state index contributed by atoms with van der Waals surface area (Å²) >= 11 is 0. The van der Waals surface area contributed by atoms with E-state index < -0.39 is 30.9 Å². The summed E-state index contributed by atoms with van der Waals surface area (Å²) in [6.07, 6.45) is 4.83. The number of methoxy groups -OCH3 is 1. The van der Waals surface area contributed by atoms with Gasteiger partial charge in [0.2, 0.25) is 5.36 Å². The Morgan fingerprint density at radius 1 is 0.747 bits per heavy atom. The summed E-state index contributed by atoms with van der Waals surface area (Å²) in [5.41, 5.74) is 10.5. The number of ether oxygens (including phenoxy) is 5. The Labute approximate surface area is 526 Å². The number of aromatic carboxylic acids is 1. The average molecular weight is 1250 g/mol. The van der Waals surface area contributed by atoms with Crippen molar-refractivity contribution < 1.29 is 60.7 Å². The number of rotatable bonds is 22. The molecule has 6 aliphatic rings. The lowest BCUT2D eigenvalue weighted by Crippen LogP contribution is -2.46. The molecule has 0 bridgehead atoms. The Balaban J connectivity index is 0.599. The molecule has 6 aromatic rings. The highest BCUT2D eigenvalue weighted by Crippen LogP contribution is 2.49. The highest BCUT2D eigenvalue weighted by molar-refractivity contribution is 6.02. The number of fused-ring (bicyclic) bond motifs is 5. The molecule has 5 aromatic carbocycles. The summed E-state index contributed by atoms with van der Waals surface area (Å²) in [4.78, 5) is 44.6. The Morgan fingerprint density at radius 3 is 2.22 bits per heavy atom. The molecular formula is C70H78F4N8O9. The van der Waals surface area contributed by atoms with Crippen molar-refractivity contribution in [3.63, 3.8) is 0 Å². The van der Waals surface area contributed by atoms with E-state index >= 15 is 0 Å². The monoisotopic (exact) mass is 1250 g/mol. The van der Waals surface area contributed by atoms with E-state index in [-0.39, 0.29) is 88.9 Å². The first-order chi connectivity index (χ1) is 44.2. The molecule has 6 aliphatic heterocycles. The first kappa shape index (κ1) is 63.0. The number of carbonyl (C=O) groups excluding carboxylic acids is 3. The van der Waals surface area contributed by atoms with Crippen LogP contribution in [0.3, 0.4) is 0 Å². The minimum Gasteiger partial charge on any atom is -0.545 e. The van der Waals surface area contributed by atoms with Gasteiger partial charge in [0, 0.05) is 113 Å². The van der Waals surface area contributed by atoms with Crippen molar-refractivity contribution in [1.29, 1.82) is 0 Å². The lowest BCUT2D eigenvalue weighted by Gasteiger charge is -2.36. The van der Waals surface area contributed by atoms with Gasteiger partial charge in [-0.15, -0.1) is 0 Å². The van der Waals surface area contributed by atoms with Gasteiger partial charge in [-0.25, -0.2) is 8.97 Å². The van der Waals surface area contributed by atoms with E-state index in [1.807, 2.05) is 11.9 Å². The first-order valence-electron chi connectivity index (χ1n) is 32.0. The van der Waals surface area contributed by atoms with Gasteiger partial charge in [-0.1, -0.05) is 18.1 Å². The third-order valence-electron chi connectivity index (χ3n) is 18.2. The highest BCUT2D eigenvalue weighted by atomic mass is 19.4. The zero-order valence-electron chi connectivity index (χ0n) is 51.6. The van der Waals surface area contributed by atoms with Crippen molar-refractivity contribution >= 4 is 51.3 Å². The Bertz CT molecular complexity index is 3950. The third-order valence-corrected chi connectivity index (χ3v) is 18.2. The molecule has 0 spiro atoms. The molecule has 4 N–H and O–H groups in total. The van der Waals surface area contributed by atoms with Gasteiger partial charge in [0.1, 0.15) is 43.1 Å². The standard InChI is InChI=1S/C70H78F4N8O9/c1-79-30-22-58(56(71)42-79)78-57-16-7-17-60-53(57)41-48(82(60)43-70(72,73)74)13-8-23-75-59-21-19-47(40-61(59)87-2)68(84)77-25-32-89-34-36-90-35-33-88-31-24-76-67(83)46-18-20-49(69(85)86)52(39-46)62-54-37-44-11-3-5-26-80-28-9-14-50(63(44)80)65(54)91-66-51-15-10-29-81-27-6-4-12-45(64(51)81)38-55(62)66/h7,16-21,37-41,56,58,78H,3-6,9-12,14-15,22-36,42-43H2,1-2H3,(H3-,75,76,77,83,84,85,86)/t56-,58+/m0/s1. The van der Waals surface area contributed by atoms with Gasteiger partial charge in [0.25, 0.3) is 11.8 Å². The number of hydrogen-bond acceptors (Lipinski definition) is 13. The van der Waals surface area contributed by atoms with Gasteiger partial charge < -0.3 is 69.2 Å². The fourth-order valence-corrected chi connectivity index (χ4v) is 13.9. The van der Waals surface area contributed by atoms with E-state index in [1.54, 1.807) is 54.6 Å². The second-order valence-electron chi connectivity index (χ2n) is 24.3. The first-order valence-corrected chi connectivity index (χ1v) is 32.0. The van der Waals surface area contributed by atoms with Gasteiger partial charge in [-0.2, -0.15) is 13.2 Å².